The minimum absolute atomic E-state index is 0.0887. The van der Waals surface area contributed by atoms with Gasteiger partial charge in [0.1, 0.15) is 5.75 Å². The summed E-state index contributed by atoms with van der Waals surface area (Å²) in [6, 6.07) is 9.62. The van der Waals surface area contributed by atoms with Crippen molar-refractivity contribution in [2.75, 3.05) is 7.11 Å². The number of fused-ring (bicyclic) bond motifs is 2. The van der Waals surface area contributed by atoms with Crippen LogP contribution in [0.15, 0.2) is 35.1 Å². The Labute approximate surface area is 115 Å². The highest BCUT2D eigenvalue weighted by molar-refractivity contribution is 7.24. The molecule has 0 N–H and O–H groups in total. The first-order chi connectivity index (χ1) is 9.13. The molecular formula is C16H14O2S. The lowest BCUT2D eigenvalue weighted by Gasteiger charge is -2.11. The van der Waals surface area contributed by atoms with E-state index in [1.807, 2.05) is 44.2 Å². The molecule has 0 spiro atoms. The molecule has 0 fully saturated rings. The van der Waals surface area contributed by atoms with Gasteiger partial charge in [0, 0.05) is 20.2 Å². The fraction of sp³-hybridized carbons (Fsp3) is 0.188. The van der Waals surface area contributed by atoms with E-state index in [9.17, 15) is 4.79 Å². The number of ether oxygens (including phenoxy) is 1. The summed E-state index contributed by atoms with van der Waals surface area (Å²) in [5.74, 6) is 0.782. The third-order valence-electron chi connectivity index (χ3n) is 3.60. The molecule has 0 saturated carbocycles. The Kier molecular flexibility index (Phi) is 2.79. The normalized spacial score (nSPS) is 11.1. The Morgan fingerprint density at radius 2 is 1.79 bits per heavy atom. The molecule has 0 saturated heterocycles. The second-order valence-electron chi connectivity index (χ2n) is 4.63. The van der Waals surface area contributed by atoms with Crippen molar-refractivity contribution in [3.8, 4) is 5.75 Å². The van der Waals surface area contributed by atoms with Gasteiger partial charge in [-0.05, 0) is 43.2 Å². The molecule has 1 heterocycles. The first-order valence-electron chi connectivity index (χ1n) is 6.13. The van der Waals surface area contributed by atoms with Crippen LogP contribution in [0.4, 0.5) is 0 Å². The maximum Gasteiger partial charge on any atom is 0.196 e. The van der Waals surface area contributed by atoms with E-state index in [0.29, 0.717) is 0 Å². The van der Waals surface area contributed by atoms with E-state index < -0.39 is 0 Å². The van der Waals surface area contributed by atoms with Crippen LogP contribution in [-0.4, -0.2) is 7.11 Å². The largest absolute Gasteiger partial charge is 0.496 e. The summed E-state index contributed by atoms with van der Waals surface area (Å²) in [4.78, 5) is 12.6. The molecule has 0 aliphatic heterocycles. The summed E-state index contributed by atoms with van der Waals surface area (Å²) in [6.45, 7) is 4.07. The standard InChI is InChI=1S/C16H14O2S/c1-9-10(2)16-12(8-13(9)18-3)15(17)11-6-4-5-7-14(11)19-16/h4-8H,1-3H3. The lowest BCUT2D eigenvalue weighted by atomic mass is 10.1. The molecule has 2 nitrogen and oxygen atoms in total. The maximum atomic E-state index is 12.6. The summed E-state index contributed by atoms with van der Waals surface area (Å²) < 4.78 is 7.46. The van der Waals surface area contributed by atoms with Crippen LogP contribution in [0.5, 0.6) is 5.75 Å². The third-order valence-corrected chi connectivity index (χ3v) is 4.91. The van der Waals surface area contributed by atoms with Crippen LogP contribution in [0, 0.1) is 13.8 Å². The van der Waals surface area contributed by atoms with E-state index in [-0.39, 0.29) is 5.43 Å². The second-order valence-corrected chi connectivity index (χ2v) is 5.69. The molecule has 0 atom stereocenters. The van der Waals surface area contributed by atoms with Crippen molar-refractivity contribution in [2.45, 2.75) is 13.8 Å². The molecule has 1 aromatic heterocycles. The number of hydrogen-bond donors (Lipinski definition) is 0. The average molecular weight is 270 g/mol. The molecule has 3 heteroatoms. The number of aryl methyl sites for hydroxylation is 1. The predicted octanol–water partition coefficient (Wildman–Crippen LogP) is 4.04. The number of hydrogen-bond acceptors (Lipinski definition) is 3. The highest BCUT2D eigenvalue weighted by Gasteiger charge is 2.12. The van der Waals surface area contributed by atoms with Gasteiger partial charge in [-0.3, -0.25) is 4.79 Å². The third kappa shape index (κ3) is 1.73. The van der Waals surface area contributed by atoms with Crippen molar-refractivity contribution < 1.29 is 4.74 Å². The highest BCUT2D eigenvalue weighted by atomic mass is 32.1. The van der Waals surface area contributed by atoms with E-state index in [1.165, 1.54) is 0 Å². The van der Waals surface area contributed by atoms with Gasteiger partial charge in [0.25, 0.3) is 0 Å². The van der Waals surface area contributed by atoms with Crippen molar-refractivity contribution in [3.05, 3.63) is 51.7 Å². The minimum atomic E-state index is 0.0887. The molecule has 19 heavy (non-hydrogen) atoms. The van der Waals surface area contributed by atoms with Crippen molar-refractivity contribution in [3.63, 3.8) is 0 Å². The Hall–Kier alpha value is -1.87. The number of methoxy groups -OCH3 is 1. The summed E-state index contributed by atoms with van der Waals surface area (Å²) in [6.07, 6.45) is 0. The van der Waals surface area contributed by atoms with Crippen LogP contribution in [0.1, 0.15) is 11.1 Å². The lowest BCUT2D eigenvalue weighted by Crippen LogP contribution is -2.03. The fourth-order valence-corrected chi connectivity index (χ4v) is 3.58. The quantitative estimate of drug-likeness (QED) is 0.624. The zero-order valence-corrected chi connectivity index (χ0v) is 11.9. The Balaban J connectivity index is 2.59. The van der Waals surface area contributed by atoms with Gasteiger partial charge >= 0.3 is 0 Å². The van der Waals surface area contributed by atoms with E-state index in [0.717, 1.165) is 37.0 Å². The number of rotatable bonds is 1. The van der Waals surface area contributed by atoms with Crippen LogP contribution in [0.3, 0.4) is 0 Å². The Morgan fingerprint density at radius 1 is 1.05 bits per heavy atom. The topological polar surface area (TPSA) is 26.3 Å². The van der Waals surface area contributed by atoms with E-state index in [2.05, 4.69) is 0 Å². The van der Waals surface area contributed by atoms with Gasteiger partial charge in [-0.1, -0.05) is 12.1 Å². The van der Waals surface area contributed by atoms with E-state index in [1.54, 1.807) is 18.4 Å². The van der Waals surface area contributed by atoms with Crippen LogP contribution in [0.25, 0.3) is 20.2 Å². The van der Waals surface area contributed by atoms with Crippen molar-refractivity contribution in [2.24, 2.45) is 0 Å². The van der Waals surface area contributed by atoms with Crippen LogP contribution < -0.4 is 10.2 Å². The summed E-state index contributed by atoms with van der Waals surface area (Å²) >= 11 is 1.67. The van der Waals surface area contributed by atoms with Gasteiger partial charge in [0.2, 0.25) is 0 Å². The van der Waals surface area contributed by atoms with Gasteiger partial charge in [-0.25, -0.2) is 0 Å². The average Bonchev–Trinajstić information content (AvgIpc) is 2.44. The monoisotopic (exact) mass is 270 g/mol. The van der Waals surface area contributed by atoms with Gasteiger partial charge in [-0.2, -0.15) is 0 Å². The molecule has 0 amide bonds. The summed E-state index contributed by atoms with van der Waals surface area (Å²) in [5, 5.41) is 1.54. The first-order valence-corrected chi connectivity index (χ1v) is 6.95. The molecular weight excluding hydrogens is 256 g/mol. The molecule has 0 bridgehead atoms. The van der Waals surface area contributed by atoms with Gasteiger partial charge < -0.3 is 4.74 Å². The highest BCUT2D eigenvalue weighted by Crippen LogP contribution is 2.33. The van der Waals surface area contributed by atoms with Crippen molar-refractivity contribution >= 4 is 31.5 Å². The molecule has 0 aliphatic carbocycles. The Bertz CT molecular complexity index is 847. The summed E-state index contributed by atoms with van der Waals surface area (Å²) in [5.41, 5.74) is 2.31. The smallest absolute Gasteiger partial charge is 0.196 e. The van der Waals surface area contributed by atoms with E-state index in [4.69, 9.17) is 4.74 Å². The predicted molar refractivity (Wildman–Crippen MR) is 81.6 cm³/mol. The van der Waals surface area contributed by atoms with Crippen molar-refractivity contribution in [1.82, 2.24) is 0 Å². The minimum Gasteiger partial charge on any atom is -0.496 e. The molecule has 0 aliphatic rings. The van der Waals surface area contributed by atoms with Crippen molar-refractivity contribution in [1.29, 1.82) is 0 Å². The molecule has 3 aromatic rings. The maximum absolute atomic E-state index is 12.6. The van der Waals surface area contributed by atoms with Gasteiger partial charge in [0.15, 0.2) is 5.43 Å². The van der Waals surface area contributed by atoms with Crippen LogP contribution in [-0.2, 0) is 0 Å². The van der Waals surface area contributed by atoms with Crippen LogP contribution >= 0.6 is 11.3 Å². The molecule has 96 valence electrons. The van der Waals surface area contributed by atoms with E-state index >= 15 is 0 Å². The molecule has 2 aromatic carbocycles. The number of benzene rings is 2. The molecule has 0 unspecified atom stereocenters. The van der Waals surface area contributed by atoms with Gasteiger partial charge in [-0.15, -0.1) is 11.3 Å². The molecule has 3 rings (SSSR count). The summed E-state index contributed by atoms with van der Waals surface area (Å²) in [7, 11) is 1.64. The zero-order valence-electron chi connectivity index (χ0n) is 11.1. The first kappa shape index (κ1) is 12.2. The zero-order chi connectivity index (χ0) is 13.6. The lowest BCUT2D eigenvalue weighted by molar-refractivity contribution is 0.412. The second kappa shape index (κ2) is 4.35. The Morgan fingerprint density at radius 3 is 2.53 bits per heavy atom. The van der Waals surface area contributed by atoms with Crippen LogP contribution in [0.2, 0.25) is 0 Å². The van der Waals surface area contributed by atoms with Gasteiger partial charge in [0.05, 0.1) is 7.11 Å². The molecule has 0 radical (unpaired) electrons. The SMILES string of the molecule is COc1cc2c(=O)c3ccccc3sc2c(C)c1C. The fourth-order valence-electron chi connectivity index (χ4n) is 2.37.